The predicted octanol–water partition coefficient (Wildman–Crippen LogP) is 6.08. The van der Waals surface area contributed by atoms with Crippen molar-refractivity contribution in [3.8, 4) is 11.5 Å². The highest BCUT2D eigenvalue weighted by Crippen LogP contribution is 2.28. The lowest BCUT2D eigenvalue weighted by molar-refractivity contribution is 0.102. The van der Waals surface area contributed by atoms with E-state index >= 15 is 0 Å². The molecule has 5 nitrogen and oxygen atoms in total. The number of carbonyl (C=O) groups is 1. The van der Waals surface area contributed by atoms with Crippen LogP contribution in [-0.2, 0) is 6.42 Å². The zero-order valence-corrected chi connectivity index (χ0v) is 18.2. The summed E-state index contributed by atoms with van der Waals surface area (Å²) in [6, 6.07) is 25.8. The average molecular weight is 430 g/mol. The molecular formula is C25H23N3O2S. The molecule has 4 rings (SSSR count). The van der Waals surface area contributed by atoms with Crippen LogP contribution < -0.4 is 5.32 Å². The molecule has 31 heavy (non-hydrogen) atoms. The van der Waals surface area contributed by atoms with Gasteiger partial charge in [0, 0.05) is 21.3 Å². The minimum absolute atomic E-state index is 0.0790. The van der Waals surface area contributed by atoms with Crippen LogP contribution in [0.3, 0.4) is 0 Å². The lowest BCUT2D eigenvalue weighted by Gasteiger charge is -2.05. The maximum Gasteiger partial charge on any atom is 0.322 e. The van der Waals surface area contributed by atoms with Gasteiger partial charge in [0.2, 0.25) is 5.89 Å². The fourth-order valence-corrected chi connectivity index (χ4v) is 4.04. The van der Waals surface area contributed by atoms with Gasteiger partial charge < -0.3 is 4.42 Å². The molecule has 3 aromatic carbocycles. The molecular weight excluding hydrogens is 406 g/mol. The molecule has 0 bridgehead atoms. The van der Waals surface area contributed by atoms with E-state index in [0.29, 0.717) is 16.7 Å². The van der Waals surface area contributed by atoms with Crippen LogP contribution in [-0.4, -0.2) is 21.4 Å². The van der Waals surface area contributed by atoms with Gasteiger partial charge in [-0.15, -0.1) is 16.9 Å². The minimum atomic E-state index is -0.287. The van der Waals surface area contributed by atoms with E-state index in [0.717, 1.165) is 22.4 Å². The van der Waals surface area contributed by atoms with Crippen molar-refractivity contribution in [2.45, 2.75) is 30.4 Å². The Hall–Kier alpha value is -3.38. The molecule has 0 aliphatic rings. The lowest BCUT2D eigenvalue weighted by Crippen LogP contribution is -2.12. The number of hydrogen-bond acceptors (Lipinski definition) is 5. The van der Waals surface area contributed by atoms with Crippen molar-refractivity contribution in [2.75, 3.05) is 5.32 Å². The number of amides is 1. The summed E-state index contributed by atoms with van der Waals surface area (Å²) in [5.74, 6) is 0.0882. The van der Waals surface area contributed by atoms with Gasteiger partial charge in [0.05, 0.1) is 0 Å². The van der Waals surface area contributed by atoms with E-state index in [4.69, 9.17) is 4.42 Å². The van der Waals surface area contributed by atoms with Crippen LogP contribution >= 0.6 is 11.8 Å². The van der Waals surface area contributed by atoms with Gasteiger partial charge in [-0.1, -0.05) is 67.5 Å². The topological polar surface area (TPSA) is 68.0 Å². The molecule has 1 amide bonds. The first-order valence-corrected chi connectivity index (χ1v) is 11.0. The standard InChI is InChI=1S/C25H23N3O2S/c1-17(2)31-22-10-6-9-21(16-22)24-27-28-25(30-24)26-23(29)20-13-11-19(12-14-20)15-18-7-4-3-5-8-18/h3-14,16-17H,15H2,1-2H3,(H,26,28,29). The van der Waals surface area contributed by atoms with E-state index in [1.54, 1.807) is 23.9 Å². The fraction of sp³-hybridized carbons (Fsp3) is 0.160. The number of hydrogen-bond donors (Lipinski definition) is 1. The quantitative estimate of drug-likeness (QED) is 0.361. The Bertz CT molecular complexity index is 1150. The third-order valence-electron chi connectivity index (χ3n) is 4.57. The Morgan fingerprint density at radius 2 is 1.68 bits per heavy atom. The third kappa shape index (κ3) is 5.61. The number of benzene rings is 3. The normalized spacial score (nSPS) is 10.9. The van der Waals surface area contributed by atoms with Crippen LogP contribution in [0.15, 0.2) is 88.2 Å². The summed E-state index contributed by atoms with van der Waals surface area (Å²) < 4.78 is 5.66. The molecule has 0 saturated carbocycles. The number of anilines is 1. The Labute approximate surface area is 185 Å². The second kappa shape index (κ2) is 9.62. The minimum Gasteiger partial charge on any atom is -0.403 e. The fourth-order valence-electron chi connectivity index (χ4n) is 3.14. The number of nitrogens with one attached hydrogen (secondary N) is 1. The average Bonchev–Trinajstić information content (AvgIpc) is 3.23. The zero-order chi connectivity index (χ0) is 21.6. The first kappa shape index (κ1) is 20.9. The van der Waals surface area contributed by atoms with Crippen molar-refractivity contribution in [3.05, 3.63) is 95.6 Å². The van der Waals surface area contributed by atoms with Gasteiger partial charge in [-0.3, -0.25) is 10.1 Å². The van der Waals surface area contributed by atoms with Crippen molar-refractivity contribution in [1.29, 1.82) is 0 Å². The molecule has 156 valence electrons. The summed E-state index contributed by atoms with van der Waals surface area (Å²) in [4.78, 5) is 13.7. The van der Waals surface area contributed by atoms with Gasteiger partial charge in [-0.05, 0) is 47.9 Å². The molecule has 0 radical (unpaired) electrons. The highest BCUT2D eigenvalue weighted by atomic mass is 32.2. The first-order chi connectivity index (χ1) is 15.1. The Morgan fingerprint density at radius 3 is 2.42 bits per heavy atom. The van der Waals surface area contributed by atoms with Gasteiger partial charge in [-0.2, -0.15) is 0 Å². The molecule has 6 heteroatoms. The Balaban J connectivity index is 1.41. The van der Waals surface area contributed by atoms with Gasteiger partial charge in [0.15, 0.2) is 0 Å². The monoisotopic (exact) mass is 429 g/mol. The molecule has 1 heterocycles. The molecule has 0 aliphatic carbocycles. The number of aromatic nitrogens is 2. The second-order valence-electron chi connectivity index (χ2n) is 7.42. The maximum absolute atomic E-state index is 12.6. The van der Waals surface area contributed by atoms with Crippen LogP contribution in [0, 0.1) is 0 Å². The van der Waals surface area contributed by atoms with Crippen molar-refractivity contribution in [3.63, 3.8) is 0 Å². The number of carbonyl (C=O) groups excluding carboxylic acids is 1. The van der Waals surface area contributed by atoms with Crippen LogP contribution in [0.2, 0.25) is 0 Å². The van der Waals surface area contributed by atoms with E-state index in [2.05, 4.69) is 47.6 Å². The maximum atomic E-state index is 12.6. The largest absolute Gasteiger partial charge is 0.403 e. The summed E-state index contributed by atoms with van der Waals surface area (Å²) in [6.07, 6.45) is 0.823. The zero-order valence-electron chi connectivity index (χ0n) is 17.4. The molecule has 0 saturated heterocycles. The first-order valence-electron chi connectivity index (χ1n) is 10.1. The smallest absolute Gasteiger partial charge is 0.322 e. The number of nitrogens with zero attached hydrogens (tertiary/aromatic N) is 2. The summed E-state index contributed by atoms with van der Waals surface area (Å²) in [5.41, 5.74) is 3.73. The predicted molar refractivity (Wildman–Crippen MR) is 124 cm³/mol. The van der Waals surface area contributed by atoms with E-state index in [1.165, 1.54) is 5.56 Å². The SMILES string of the molecule is CC(C)Sc1cccc(-c2nnc(NC(=O)c3ccc(Cc4ccccc4)cc3)o2)c1. The summed E-state index contributed by atoms with van der Waals surface area (Å²) in [7, 11) is 0. The van der Waals surface area contributed by atoms with E-state index in [9.17, 15) is 4.79 Å². The molecule has 1 N–H and O–H groups in total. The molecule has 1 aromatic heterocycles. The van der Waals surface area contributed by atoms with Gasteiger partial charge in [0.1, 0.15) is 0 Å². The molecule has 0 spiro atoms. The molecule has 0 fully saturated rings. The third-order valence-corrected chi connectivity index (χ3v) is 5.56. The van der Waals surface area contributed by atoms with E-state index in [-0.39, 0.29) is 11.9 Å². The number of rotatable bonds is 7. The number of thioether (sulfide) groups is 1. The van der Waals surface area contributed by atoms with E-state index in [1.807, 2.05) is 48.5 Å². The molecule has 0 atom stereocenters. The lowest BCUT2D eigenvalue weighted by atomic mass is 10.0. The van der Waals surface area contributed by atoms with Crippen molar-refractivity contribution in [2.24, 2.45) is 0 Å². The van der Waals surface area contributed by atoms with Crippen LogP contribution in [0.5, 0.6) is 0 Å². The van der Waals surface area contributed by atoms with Crippen LogP contribution in [0.4, 0.5) is 6.01 Å². The Kier molecular flexibility index (Phi) is 6.48. The highest BCUT2D eigenvalue weighted by Gasteiger charge is 2.13. The molecule has 0 unspecified atom stereocenters. The van der Waals surface area contributed by atoms with Crippen molar-refractivity contribution in [1.82, 2.24) is 10.2 Å². The Morgan fingerprint density at radius 1 is 0.935 bits per heavy atom. The van der Waals surface area contributed by atoms with Gasteiger partial charge >= 0.3 is 6.01 Å². The van der Waals surface area contributed by atoms with E-state index < -0.39 is 0 Å². The van der Waals surface area contributed by atoms with Crippen molar-refractivity contribution >= 4 is 23.7 Å². The van der Waals surface area contributed by atoms with Gasteiger partial charge in [-0.25, -0.2) is 0 Å². The summed E-state index contributed by atoms with van der Waals surface area (Å²) in [5, 5.41) is 11.2. The van der Waals surface area contributed by atoms with Crippen LogP contribution in [0.25, 0.3) is 11.5 Å². The van der Waals surface area contributed by atoms with Crippen molar-refractivity contribution < 1.29 is 9.21 Å². The summed E-state index contributed by atoms with van der Waals surface area (Å²) in [6.45, 7) is 4.29. The molecule has 0 aliphatic heterocycles. The summed E-state index contributed by atoms with van der Waals surface area (Å²) >= 11 is 1.76. The highest BCUT2D eigenvalue weighted by molar-refractivity contribution is 7.99. The molecule has 4 aromatic rings. The second-order valence-corrected chi connectivity index (χ2v) is 9.07. The van der Waals surface area contributed by atoms with Gasteiger partial charge in [0.25, 0.3) is 5.91 Å². The van der Waals surface area contributed by atoms with Crippen LogP contribution in [0.1, 0.15) is 35.3 Å².